The Morgan fingerprint density at radius 2 is 2.19 bits per heavy atom. The van der Waals surface area contributed by atoms with Gasteiger partial charge in [0.1, 0.15) is 5.52 Å². The third kappa shape index (κ3) is 1.71. The second-order valence-electron chi connectivity index (χ2n) is 3.85. The van der Waals surface area contributed by atoms with Gasteiger partial charge in [-0.3, -0.25) is 10.1 Å². The highest BCUT2D eigenvalue weighted by atomic mass is 32.1. The van der Waals surface area contributed by atoms with Crippen molar-refractivity contribution in [1.82, 2.24) is 4.98 Å². The molecule has 0 aliphatic rings. The Kier molecular flexibility index (Phi) is 2.51. The van der Waals surface area contributed by atoms with Crippen molar-refractivity contribution in [2.75, 3.05) is 5.73 Å². The van der Waals surface area contributed by atoms with E-state index in [-0.39, 0.29) is 5.69 Å². The van der Waals surface area contributed by atoms with Crippen LogP contribution < -0.4 is 5.73 Å². The van der Waals surface area contributed by atoms with E-state index in [2.05, 4.69) is 4.98 Å². The fraction of sp³-hybridized carbons (Fsp3) is 0.300. The van der Waals surface area contributed by atoms with Crippen molar-refractivity contribution in [3.63, 3.8) is 0 Å². The van der Waals surface area contributed by atoms with E-state index in [1.807, 2.05) is 13.8 Å². The third-order valence-electron chi connectivity index (χ3n) is 2.23. The number of nitro benzene ring substituents is 1. The molecule has 2 aromatic rings. The predicted molar refractivity (Wildman–Crippen MR) is 64.8 cm³/mol. The minimum Gasteiger partial charge on any atom is -0.397 e. The lowest BCUT2D eigenvalue weighted by Crippen LogP contribution is -1.92. The number of anilines is 1. The minimum absolute atomic E-state index is 0.0176. The van der Waals surface area contributed by atoms with Gasteiger partial charge in [-0.2, -0.15) is 0 Å². The second kappa shape index (κ2) is 3.71. The molecule has 0 spiro atoms. The smallest absolute Gasteiger partial charge is 0.273 e. The molecule has 0 amide bonds. The van der Waals surface area contributed by atoms with Gasteiger partial charge in [-0.25, -0.2) is 4.98 Å². The van der Waals surface area contributed by atoms with Gasteiger partial charge in [-0.05, 0) is 0 Å². The van der Waals surface area contributed by atoms with Crippen molar-refractivity contribution >= 4 is 32.9 Å². The van der Waals surface area contributed by atoms with Gasteiger partial charge >= 0.3 is 0 Å². The van der Waals surface area contributed by atoms with Gasteiger partial charge in [-0.15, -0.1) is 11.3 Å². The maximum atomic E-state index is 10.7. The molecule has 1 aromatic carbocycles. The molecule has 0 bridgehead atoms. The first-order valence-corrected chi connectivity index (χ1v) is 5.65. The molecule has 1 aromatic heterocycles. The fourth-order valence-electron chi connectivity index (χ4n) is 1.41. The molecule has 84 valence electrons. The van der Waals surface area contributed by atoms with Crippen LogP contribution >= 0.6 is 11.3 Å². The van der Waals surface area contributed by atoms with E-state index >= 15 is 0 Å². The molecule has 1 heterocycles. The summed E-state index contributed by atoms with van der Waals surface area (Å²) in [6.07, 6.45) is 0. The predicted octanol–water partition coefficient (Wildman–Crippen LogP) is 2.91. The van der Waals surface area contributed by atoms with E-state index in [0.717, 1.165) is 9.71 Å². The molecule has 0 radical (unpaired) electrons. The van der Waals surface area contributed by atoms with Gasteiger partial charge in [0.15, 0.2) is 0 Å². The molecule has 0 unspecified atom stereocenters. The maximum Gasteiger partial charge on any atom is 0.273 e. The van der Waals surface area contributed by atoms with Crippen molar-refractivity contribution < 1.29 is 4.92 Å². The van der Waals surface area contributed by atoms with Crippen LogP contribution in [0.4, 0.5) is 11.4 Å². The Morgan fingerprint density at radius 3 is 2.75 bits per heavy atom. The van der Waals surface area contributed by atoms with Crippen LogP contribution in [-0.2, 0) is 0 Å². The molecule has 0 aliphatic heterocycles. The molecule has 0 saturated heterocycles. The summed E-state index contributed by atoms with van der Waals surface area (Å²) in [5.74, 6) is 0.302. The Bertz CT molecular complexity index is 562. The number of aromatic nitrogens is 1. The van der Waals surface area contributed by atoms with Crippen LogP contribution in [0.3, 0.4) is 0 Å². The van der Waals surface area contributed by atoms with Gasteiger partial charge in [0, 0.05) is 18.1 Å². The number of fused-ring (bicyclic) bond motifs is 1. The van der Waals surface area contributed by atoms with Crippen molar-refractivity contribution in [2.45, 2.75) is 19.8 Å². The number of thiazole rings is 1. The molecule has 0 atom stereocenters. The summed E-state index contributed by atoms with van der Waals surface area (Å²) in [6, 6.07) is 2.88. The number of rotatable bonds is 2. The maximum absolute atomic E-state index is 10.7. The summed E-state index contributed by atoms with van der Waals surface area (Å²) >= 11 is 1.46. The molecule has 2 rings (SSSR count). The van der Waals surface area contributed by atoms with Crippen molar-refractivity contribution in [1.29, 1.82) is 0 Å². The zero-order chi connectivity index (χ0) is 11.9. The van der Waals surface area contributed by atoms with Crippen LogP contribution in [0.5, 0.6) is 0 Å². The van der Waals surface area contributed by atoms with Crippen molar-refractivity contribution in [3.05, 3.63) is 27.3 Å². The van der Waals surface area contributed by atoms with Crippen LogP contribution in [0.1, 0.15) is 24.8 Å². The first-order valence-electron chi connectivity index (χ1n) is 4.83. The highest BCUT2D eigenvalue weighted by Gasteiger charge is 2.15. The van der Waals surface area contributed by atoms with E-state index < -0.39 is 4.92 Å². The first kappa shape index (κ1) is 10.8. The van der Waals surface area contributed by atoms with E-state index in [9.17, 15) is 10.1 Å². The third-order valence-corrected chi connectivity index (χ3v) is 3.53. The van der Waals surface area contributed by atoms with Gasteiger partial charge in [0.25, 0.3) is 5.69 Å². The highest BCUT2D eigenvalue weighted by molar-refractivity contribution is 7.18. The van der Waals surface area contributed by atoms with Crippen LogP contribution in [0.15, 0.2) is 12.1 Å². The zero-order valence-electron chi connectivity index (χ0n) is 8.93. The minimum atomic E-state index is -0.440. The van der Waals surface area contributed by atoms with Crippen molar-refractivity contribution in [3.8, 4) is 0 Å². The quantitative estimate of drug-likeness (QED) is 0.494. The average molecular weight is 237 g/mol. The van der Waals surface area contributed by atoms with Crippen LogP contribution in [0, 0.1) is 10.1 Å². The molecule has 0 saturated carbocycles. The number of benzene rings is 1. The Morgan fingerprint density at radius 1 is 1.50 bits per heavy atom. The lowest BCUT2D eigenvalue weighted by Gasteiger charge is -1.95. The second-order valence-corrected chi connectivity index (χ2v) is 4.91. The molecule has 5 nitrogen and oxygen atoms in total. The fourth-order valence-corrected chi connectivity index (χ4v) is 2.45. The molecule has 0 fully saturated rings. The Balaban J connectivity index is 2.68. The van der Waals surface area contributed by atoms with E-state index in [4.69, 9.17) is 5.73 Å². The SMILES string of the molecule is CC(C)c1nc2c(N)cc([N+](=O)[O-])cc2s1. The number of hydrogen-bond donors (Lipinski definition) is 1. The number of hydrogen-bond acceptors (Lipinski definition) is 5. The van der Waals surface area contributed by atoms with Crippen LogP contribution in [0.25, 0.3) is 10.2 Å². The summed E-state index contributed by atoms with van der Waals surface area (Å²) in [5.41, 5.74) is 6.80. The van der Waals surface area contributed by atoms with E-state index in [1.54, 1.807) is 0 Å². The Labute approximate surface area is 96.1 Å². The molecule has 2 N–H and O–H groups in total. The number of nitrogen functional groups attached to an aromatic ring is 1. The summed E-state index contributed by atoms with van der Waals surface area (Å²) < 4.78 is 0.774. The van der Waals surface area contributed by atoms with E-state index in [0.29, 0.717) is 17.1 Å². The first-order chi connectivity index (χ1) is 7.49. The normalized spacial score (nSPS) is 11.2. The highest BCUT2D eigenvalue weighted by Crippen LogP contribution is 2.33. The average Bonchev–Trinajstić information content (AvgIpc) is 2.61. The molecular weight excluding hydrogens is 226 g/mol. The summed E-state index contributed by atoms with van der Waals surface area (Å²) in [4.78, 5) is 14.6. The lowest BCUT2D eigenvalue weighted by molar-refractivity contribution is -0.384. The summed E-state index contributed by atoms with van der Waals surface area (Å²) in [7, 11) is 0. The molecule has 0 aliphatic carbocycles. The number of non-ortho nitro benzene ring substituents is 1. The molecule has 6 heteroatoms. The van der Waals surface area contributed by atoms with Gasteiger partial charge < -0.3 is 5.73 Å². The van der Waals surface area contributed by atoms with Crippen molar-refractivity contribution in [2.24, 2.45) is 0 Å². The van der Waals surface area contributed by atoms with E-state index in [1.165, 1.54) is 23.5 Å². The van der Waals surface area contributed by atoms with Gasteiger partial charge in [-0.1, -0.05) is 13.8 Å². The van der Waals surface area contributed by atoms with Crippen LogP contribution in [0.2, 0.25) is 0 Å². The number of nitrogens with two attached hydrogens (primary N) is 1. The van der Waals surface area contributed by atoms with Gasteiger partial charge in [0.2, 0.25) is 0 Å². The monoisotopic (exact) mass is 237 g/mol. The van der Waals surface area contributed by atoms with Crippen LogP contribution in [-0.4, -0.2) is 9.91 Å². The largest absolute Gasteiger partial charge is 0.397 e. The summed E-state index contributed by atoms with van der Waals surface area (Å²) in [5, 5.41) is 11.6. The summed E-state index contributed by atoms with van der Waals surface area (Å²) in [6.45, 7) is 4.06. The Hall–Kier alpha value is -1.69. The molecule has 16 heavy (non-hydrogen) atoms. The molecular formula is C10H11N3O2S. The zero-order valence-corrected chi connectivity index (χ0v) is 9.75. The number of nitro groups is 1. The standard InChI is InChI=1S/C10H11N3O2S/c1-5(2)10-12-9-7(11)3-6(13(14)15)4-8(9)16-10/h3-5H,11H2,1-2H3. The lowest BCUT2D eigenvalue weighted by atomic mass is 10.2. The number of nitrogens with zero attached hydrogens (tertiary/aromatic N) is 2. The topological polar surface area (TPSA) is 82.0 Å². The van der Waals surface area contributed by atoms with Gasteiger partial charge in [0.05, 0.1) is 20.3 Å².